The van der Waals surface area contributed by atoms with Crippen LogP contribution >= 0.6 is 11.3 Å². The van der Waals surface area contributed by atoms with Crippen molar-refractivity contribution in [1.29, 1.82) is 0 Å². The number of amides is 1. The molecule has 20 heavy (non-hydrogen) atoms. The molecule has 1 aliphatic heterocycles. The Morgan fingerprint density at radius 1 is 1.45 bits per heavy atom. The van der Waals surface area contributed by atoms with E-state index in [1.807, 2.05) is 12.3 Å². The summed E-state index contributed by atoms with van der Waals surface area (Å²) in [6.07, 6.45) is 0. The average molecular weight is 297 g/mol. The second kappa shape index (κ2) is 6.83. The van der Waals surface area contributed by atoms with E-state index >= 15 is 0 Å². The fraction of sp³-hybridized carbons (Fsp3) is 0.538. The second-order valence-electron chi connectivity index (χ2n) is 4.69. The molecule has 0 spiro atoms. The highest BCUT2D eigenvalue weighted by Crippen LogP contribution is 2.28. The van der Waals surface area contributed by atoms with Crippen molar-refractivity contribution >= 4 is 28.9 Å². The van der Waals surface area contributed by atoms with Crippen LogP contribution in [0.2, 0.25) is 0 Å². The summed E-state index contributed by atoms with van der Waals surface area (Å²) in [5.41, 5.74) is 1.45. The van der Waals surface area contributed by atoms with Gasteiger partial charge >= 0.3 is 5.97 Å². The van der Waals surface area contributed by atoms with E-state index in [2.05, 4.69) is 15.5 Å². The molecular weight excluding hydrogens is 278 g/mol. The fourth-order valence-electron chi connectivity index (χ4n) is 2.09. The maximum Gasteiger partial charge on any atom is 0.350 e. The van der Waals surface area contributed by atoms with E-state index in [-0.39, 0.29) is 5.91 Å². The highest BCUT2D eigenvalue weighted by Gasteiger charge is 2.20. The highest BCUT2D eigenvalue weighted by atomic mass is 32.1. The summed E-state index contributed by atoms with van der Waals surface area (Å²) in [5.74, 6) is -0.515. The molecule has 0 aromatic carbocycles. The Bertz CT molecular complexity index is 495. The Morgan fingerprint density at radius 3 is 2.80 bits per heavy atom. The molecule has 0 atom stereocenters. The van der Waals surface area contributed by atoms with Gasteiger partial charge in [0.25, 0.3) is 0 Å². The van der Waals surface area contributed by atoms with E-state index in [1.54, 1.807) is 0 Å². The molecule has 1 fully saturated rings. The number of carbonyl (C=O) groups is 2. The quantitative estimate of drug-likeness (QED) is 0.800. The molecule has 110 valence electrons. The lowest BCUT2D eigenvalue weighted by molar-refractivity contribution is -0.117. The van der Waals surface area contributed by atoms with Gasteiger partial charge in [-0.1, -0.05) is 0 Å². The third-order valence-corrected chi connectivity index (χ3v) is 4.26. The van der Waals surface area contributed by atoms with Crippen molar-refractivity contribution in [3.63, 3.8) is 0 Å². The minimum Gasteiger partial charge on any atom is -0.465 e. The number of hydrogen-bond donors (Lipinski definition) is 2. The molecule has 2 rings (SSSR count). The molecule has 0 unspecified atom stereocenters. The molecule has 0 aliphatic carbocycles. The van der Waals surface area contributed by atoms with E-state index in [9.17, 15) is 9.59 Å². The number of hydrogen-bond acceptors (Lipinski definition) is 6. The third kappa shape index (κ3) is 3.56. The Kier molecular flexibility index (Phi) is 5.11. The molecule has 7 heteroatoms. The number of rotatable bonds is 4. The van der Waals surface area contributed by atoms with Gasteiger partial charge in [0.1, 0.15) is 4.88 Å². The maximum absolute atomic E-state index is 12.1. The standard InChI is InChI=1S/C13H19N3O3S/c1-9-8-20-12(13(18)19-2)11(9)15-10(17)7-16-5-3-14-4-6-16/h8,14H,3-7H2,1-2H3,(H,15,17). The molecular formula is C13H19N3O3S. The molecule has 1 aromatic heterocycles. The Balaban J connectivity index is 2.00. The molecule has 1 amide bonds. The van der Waals surface area contributed by atoms with Crippen LogP contribution in [-0.2, 0) is 9.53 Å². The molecule has 0 saturated carbocycles. The fourth-order valence-corrected chi connectivity index (χ4v) is 3.02. The number of aryl methyl sites for hydroxylation is 1. The number of carbonyl (C=O) groups excluding carboxylic acids is 2. The lowest BCUT2D eigenvalue weighted by atomic mass is 10.2. The van der Waals surface area contributed by atoms with Gasteiger partial charge in [0.15, 0.2) is 0 Å². The number of methoxy groups -OCH3 is 1. The van der Waals surface area contributed by atoms with Crippen LogP contribution < -0.4 is 10.6 Å². The van der Waals surface area contributed by atoms with E-state index in [1.165, 1.54) is 18.4 Å². The third-order valence-electron chi connectivity index (χ3n) is 3.19. The van der Waals surface area contributed by atoms with Gasteiger partial charge in [0, 0.05) is 26.2 Å². The summed E-state index contributed by atoms with van der Waals surface area (Å²) in [6, 6.07) is 0. The maximum atomic E-state index is 12.1. The minimum atomic E-state index is -0.416. The van der Waals surface area contributed by atoms with Crippen LogP contribution in [-0.4, -0.2) is 56.6 Å². The minimum absolute atomic E-state index is 0.0986. The normalized spacial score (nSPS) is 15.9. The topological polar surface area (TPSA) is 70.7 Å². The summed E-state index contributed by atoms with van der Waals surface area (Å²) in [5, 5.41) is 7.91. The summed E-state index contributed by atoms with van der Waals surface area (Å²) >= 11 is 1.28. The van der Waals surface area contributed by atoms with E-state index in [0.717, 1.165) is 31.7 Å². The van der Waals surface area contributed by atoms with Crippen molar-refractivity contribution in [2.75, 3.05) is 45.2 Å². The first-order chi connectivity index (χ1) is 9.61. The zero-order valence-corrected chi connectivity index (χ0v) is 12.5. The first-order valence-electron chi connectivity index (χ1n) is 6.51. The predicted octanol–water partition coefficient (Wildman–Crippen LogP) is 0.687. The number of thiophene rings is 1. The lowest BCUT2D eigenvalue weighted by Gasteiger charge is -2.26. The summed E-state index contributed by atoms with van der Waals surface area (Å²) in [6.45, 7) is 5.73. The first kappa shape index (κ1) is 15.0. The molecule has 1 saturated heterocycles. The number of esters is 1. The zero-order valence-electron chi connectivity index (χ0n) is 11.7. The van der Waals surface area contributed by atoms with Crippen LogP contribution in [0, 0.1) is 6.92 Å². The summed E-state index contributed by atoms with van der Waals surface area (Å²) in [4.78, 5) is 26.2. The number of anilines is 1. The molecule has 2 N–H and O–H groups in total. The molecule has 0 bridgehead atoms. The van der Waals surface area contributed by atoms with Crippen LogP contribution in [0.1, 0.15) is 15.2 Å². The average Bonchev–Trinajstić information content (AvgIpc) is 2.80. The van der Waals surface area contributed by atoms with Gasteiger partial charge in [-0.3, -0.25) is 9.69 Å². The number of ether oxygens (including phenoxy) is 1. The van der Waals surface area contributed by atoms with Crippen molar-refractivity contribution in [2.24, 2.45) is 0 Å². The molecule has 1 aromatic rings. The predicted molar refractivity (Wildman–Crippen MR) is 78.3 cm³/mol. The van der Waals surface area contributed by atoms with E-state index < -0.39 is 5.97 Å². The second-order valence-corrected chi connectivity index (χ2v) is 5.57. The summed E-state index contributed by atoms with van der Waals surface area (Å²) in [7, 11) is 1.34. The largest absolute Gasteiger partial charge is 0.465 e. The van der Waals surface area contributed by atoms with Crippen molar-refractivity contribution in [3.8, 4) is 0 Å². The Labute approximate surface area is 122 Å². The van der Waals surface area contributed by atoms with Crippen LogP contribution in [0.25, 0.3) is 0 Å². The van der Waals surface area contributed by atoms with Crippen LogP contribution in [0.5, 0.6) is 0 Å². The van der Waals surface area contributed by atoms with Gasteiger partial charge in [0.2, 0.25) is 5.91 Å². The van der Waals surface area contributed by atoms with Crippen molar-refractivity contribution in [1.82, 2.24) is 10.2 Å². The number of nitrogens with zero attached hydrogens (tertiary/aromatic N) is 1. The van der Waals surface area contributed by atoms with Crippen LogP contribution in [0.15, 0.2) is 5.38 Å². The number of piperazine rings is 1. The van der Waals surface area contributed by atoms with Crippen LogP contribution in [0.3, 0.4) is 0 Å². The van der Waals surface area contributed by atoms with Gasteiger partial charge in [0.05, 0.1) is 19.3 Å². The highest BCUT2D eigenvalue weighted by molar-refractivity contribution is 7.12. The monoisotopic (exact) mass is 297 g/mol. The first-order valence-corrected chi connectivity index (χ1v) is 7.39. The van der Waals surface area contributed by atoms with Crippen molar-refractivity contribution in [2.45, 2.75) is 6.92 Å². The Morgan fingerprint density at radius 2 is 2.15 bits per heavy atom. The number of nitrogens with one attached hydrogen (secondary N) is 2. The lowest BCUT2D eigenvalue weighted by Crippen LogP contribution is -2.46. The zero-order chi connectivity index (χ0) is 14.5. The van der Waals surface area contributed by atoms with E-state index in [4.69, 9.17) is 4.74 Å². The van der Waals surface area contributed by atoms with Gasteiger partial charge in [-0.15, -0.1) is 11.3 Å². The van der Waals surface area contributed by atoms with Crippen molar-refractivity contribution in [3.05, 3.63) is 15.8 Å². The van der Waals surface area contributed by atoms with Gasteiger partial charge in [-0.25, -0.2) is 4.79 Å². The van der Waals surface area contributed by atoms with Crippen molar-refractivity contribution < 1.29 is 14.3 Å². The van der Waals surface area contributed by atoms with Gasteiger partial charge < -0.3 is 15.4 Å². The molecule has 0 radical (unpaired) electrons. The molecule has 2 heterocycles. The van der Waals surface area contributed by atoms with Crippen LogP contribution in [0.4, 0.5) is 5.69 Å². The molecule has 6 nitrogen and oxygen atoms in total. The van der Waals surface area contributed by atoms with Gasteiger partial charge in [-0.05, 0) is 17.9 Å². The smallest absolute Gasteiger partial charge is 0.350 e. The Hall–Kier alpha value is -1.44. The molecule has 1 aliphatic rings. The summed E-state index contributed by atoms with van der Waals surface area (Å²) < 4.78 is 4.72. The van der Waals surface area contributed by atoms with E-state index in [0.29, 0.717) is 17.1 Å². The SMILES string of the molecule is COC(=O)c1scc(C)c1NC(=O)CN1CCNCC1. The van der Waals surface area contributed by atoms with Gasteiger partial charge in [-0.2, -0.15) is 0 Å².